The summed E-state index contributed by atoms with van der Waals surface area (Å²) in [7, 11) is 1.70. The van der Waals surface area contributed by atoms with E-state index in [1.165, 1.54) is 17.2 Å². The Morgan fingerprint density at radius 3 is 2.88 bits per heavy atom. The highest BCUT2D eigenvalue weighted by molar-refractivity contribution is 8.00. The molecule has 1 fully saturated rings. The third kappa shape index (κ3) is 2.44. The lowest BCUT2D eigenvalue weighted by atomic mass is 10.2. The first-order valence-corrected chi connectivity index (χ1v) is 6.69. The molecule has 1 aromatic carbocycles. The number of hydrogen-bond donors (Lipinski definition) is 1. The van der Waals surface area contributed by atoms with Crippen molar-refractivity contribution < 1.29 is 4.74 Å². The van der Waals surface area contributed by atoms with E-state index in [4.69, 9.17) is 10.5 Å². The van der Waals surface area contributed by atoms with Crippen molar-refractivity contribution in [3.63, 3.8) is 0 Å². The first-order valence-electron chi connectivity index (χ1n) is 5.53. The maximum atomic E-state index is 5.67. The molecule has 0 bridgehead atoms. The zero-order valence-corrected chi connectivity index (χ0v) is 10.4. The van der Waals surface area contributed by atoms with Crippen LogP contribution in [0.2, 0.25) is 0 Å². The van der Waals surface area contributed by atoms with Gasteiger partial charge in [-0.25, -0.2) is 0 Å². The van der Waals surface area contributed by atoms with E-state index in [9.17, 15) is 0 Å². The molecule has 2 N–H and O–H groups in total. The van der Waals surface area contributed by atoms with Gasteiger partial charge in [0.15, 0.2) is 0 Å². The number of thioether (sulfide) groups is 1. The van der Waals surface area contributed by atoms with Gasteiger partial charge in [-0.15, -0.1) is 0 Å². The third-order valence-electron chi connectivity index (χ3n) is 2.82. The summed E-state index contributed by atoms with van der Waals surface area (Å²) in [6.45, 7) is 1.61. The number of nitrogens with zero attached hydrogens (tertiary/aromatic N) is 1. The minimum atomic E-state index is 0.639. The molecule has 1 aliphatic rings. The molecule has 3 nitrogen and oxygen atoms in total. The Morgan fingerprint density at radius 1 is 1.50 bits per heavy atom. The van der Waals surface area contributed by atoms with Crippen LogP contribution in [0.15, 0.2) is 24.3 Å². The summed E-state index contributed by atoms with van der Waals surface area (Å²) in [5.41, 5.74) is 6.89. The molecule has 1 heterocycles. The molecule has 88 valence electrons. The summed E-state index contributed by atoms with van der Waals surface area (Å²) in [6.07, 6.45) is 0. The predicted octanol–water partition coefficient (Wildman–Crippen LogP) is 1.58. The van der Waals surface area contributed by atoms with Crippen molar-refractivity contribution >= 4 is 17.4 Å². The van der Waals surface area contributed by atoms with Crippen LogP contribution in [0.1, 0.15) is 0 Å². The fourth-order valence-electron chi connectivity index (χ4n) is 1.85. The molecule has 4 heteroatoms. The lowest BCUT2D eigenvalue weighted by Crippen LogP contribution is -2.46. The van der Waals surface area contributed by atoms with Crippen molar-refractivity contribution in [1.82, 2.24) is 0 Å². The van der Waals surface area contributed by atoms with E-state index in [0.29, 0.717) is 12.6 Å². The molecule has 0 spiro atoms. The van der Waals surface area contributed by atoms with E-state index < -0.39 is 0 Å². The maximum Gasteiger partial charge on any atom is 0.120 e. The van der Waals surface area contributed by atoms with Crippen molar-refractivity contribution in [3.05, 3.63) is 24.3 Å². The zero-order valence-electron chi connectivity index (χ0n) is 9.56. The number of rotatable bonds is 5. The number of ether oxygens (including phenoxy) is 1. The molecule has 2 rings (SSSR count). The van der Waals surface area contributed by atoms with Gasteiger partial charge in [-0.05, 0) is 12.1 Å². The van der Waals surface area contributed by atoms with Gasteiger partial charge in [0.2, 0.25) is 0 Å². The Hall–Kier alpha value is -0.870. The van der Waals surface area contributed by atoms with Crippen molar-refractivity contribution in [2.45, 2.75) is 6.04 Å². The van der Waals surface area contributed by atoms with Crippen molar-refractivity contribution in [2.24, 2.45) is 5.73 Å². The minimum Gasteiger partial charge on any atom is -0.497 e. The van der Waals surface area contributed by atoms with E-state index in [-0.39, 0.29) is 0 Å². The molecular formula is C12H18N2OS. The van der Waals surface area contributed by atoms with Crippen LogP contribution in [-0.2, 0) is 0 Å². The van der Waals surface area contributed by atoms with Crippen LogP contribution in [0.5, 0.6) is 5.75 Å². The van der Waals surface area contributed by atoms with Gasteiger partial charge in [-0.1, -0.05) is 6.07 Å². The molecule has 0 unspecified atom stereocenters. The summed E-state index contributed by atoms with van der Waals surface area (Å²) in [5, 5.41) is 0. The first kappa shape index (κ1) is 11.6. The van der Waals surface area contributed by atoms with Gasteiger partial charge < -0.3 is 15.4 Å². The zero-order chi connectivity index (χ0) is 11.4. The topological polar surface area (TPSA) is 38.5 Å². The standard InChI is InChI=1S/C12H18N2OS/c1-15-12-4-2-3-10(7-12)14(6-5-13)11-8-16-9-11/h2-4,7,11H,5-6,8-9,13H2,1H3. The van der Waals surface area contributed by atoms with E-state index in [0.717, 1.165) is 12.3 Å². The molecule has 0 aliphatic carbocycles. The van der Waals surface area contributed by atoms with E-state index >= 15 is 0 Å². The van der Waals surface area contributed by atoms with Crippen LogP contribution in [0.25, 0.3) is 0 Å². The Morgan fingerprint density at radius 2 is 2.31 bits per heavy atom. The van der Waals surface area contributed by atoms with Gasteiger partial charge in [0.1, 0.15) is 5.75 Å². The minimum absolute atomic E-state index is 0.639. The van der Waals surface area contributed by atoms with Gasteiger partial charge in [-0.3, -0.25) is 0 Å². The van der Waals surface area contributed by atoms with Gasteiger partial charge in [0.25, 0.3) is 0 Å². The largest absolute Gasteiger partial charge is 0.497 e. The molecule has 16 heavy (non-hydrogen) atoms. The number of benzene rings is 1. The highest BCUT2D eigenvalue weighted by atomic mass is 32.2. The van der Waals surface area contributed by atoms with E-state index in [1.807, 2.05) is 23.9 Å². The summed E-state index contributed by atoms with van der Waals surface area (Å²) in [5.74, 6) is 3.32. The average Bonchev–Trinajstić information content (AvgIpc) is 2.26. The Bertz CT molecular complexity index is 342. The Balaban J connectivity index is 2.16. The van der Waals surface area contributed by atoms with Crippen LogP contribution in [0.3, 0.4) is 0 Å². The van der Waals surface area contributed by atoms with Crippen LogP contribution in [0.4, 0.5) is 5.69 Å². The number of hydrogen-bond acceptors (Lipinski definition) is 4. The predicted molar refractivity (Wildman–Crippen MR) is 70.5 cm³/mol. The van der Waals surface area contributed by atoms with Gasteiger partial charge >= 0.3 is 0 Å². The second kappa shape index (κ2) is 5.46. The lowest BCUT2D eigenvalue weighted by molar-refractivity contribution is 0.414. The van der Waals surface area contributed by atoms with Crippen LogP contribution in [-0.4, -0.2) is 37.7 Å². The summed E-state index contributed by atoms with van der Waals surface area (Å²) < 4.78 is 5.25. The smallest absolute Gasteiger partial charge is 0.120 e. The highest BCUT2D eigenvalue weighted by Crippen LogP contribution is 2.29. The van der Waals surface area contributed by atoms with Crippen LogP contribution < -0.4 is 15.4 Å². The molecule has 1 aromatic rings. The SMILES string of the molecule is COc1cccc(N(CCN)C2CSC2)c1. The molecular weight excluding hydrogens is 220 g/mol. The molecule has 0 atom stereocenters. The fourth-order valence-corrected chi connectivity index (χ4v) is 2.66. The van der Waals surface area contributed by atoms with Crippen molar-refractivity contribution in [3.8, 4) is 5.75 Å². The summed E-state index contributed by atoms with van der Waals surface area (Å²) in [4.78, 5) is 2.39. The molecule has 0 aromatic heterocycles. The van der Waals surface area contributed by atoms with E-state index in [1.54, 1.807) is 7.11 Å². The van der Waals surface area contributed by atoms with Crippen molar-refractivity contribution in [1.29, 1.82) is 0 Å². The van der Waals surface area contributed by atoms with Crippen LogP contribution >= 0.6 is 11.8 Å². The molecule has 1 aliphatic heterocycles. The van der Waals surface area contributed by atoms with E-state index in [2.05, 4.69) is 17.0 Å². The number of anilines is 1. The Labute approximate surface area is 101 Å². The highest BCUT2D eigenvalue weighted by Gasteiger charge is 2.25. The van der Waals surface area contributed by atoms with Gasteiger partial charge in [0.05, 0.1) is 7.11 Å². The summed E-state index contributed by atoms with van der Waals surface area (Å²) >= 11 is 1.99. The lowest BCUT2D eigenvalue weighted by Gasteiger charge is -2.38. The fraction of sp³-hybridized carbons (Fsp3) is 0.500. The molecule has 0 radical (unpaired) electrons. The first-order chi connectivity index (χ1) is 7.85. The third-order valence-corrected chi connectivity index (χ3v) is 4.06. The second-order valence-corrected chi connectivity index (χ2v) is 4.95. The number of methoxy groups -OCH3 is 1. The van der Waals surface area contributed by atoms with Crippen LogP contribution in [0, 0.1) is 0 Å². The van der Waals surface area contributed by atoms with Gasteiger partial charge in [0, 0.05) is 42.4 Å². The Kier molecular flexibility index (Phi) is 3.96. The normalized spacial score (nSPS) is 15.6. The maximum absolute atomic E-state index is 5.67. The molecule has 0 amide bonds. The molecule has 0 saturated carbocycles. The summed E-state index contributed by atoms with van der Waals surface area (Å²) in [6, 6.07) is 8.85. The molecule has 1 saturated heterocycles. The number of nitrogens with two attached hydrogens (primary N) is 1. The average molecular weight is 238 g/mol. The quantitative estimate of drug-likeness (QED) is 0.845. The second-order valence-electron chi connectivity index (χ2n) is 3.87. The van der Waals surface area contributed by atoms with Crippen molar-refractivity contribution in [2.75, 3.05) is 36.6 Å². The monoisotopic (exact) mass is 238 g/mol. The van der Waals surface area contributed by atoms with Gasteiger partial charge in [-0.2, -0.15) is 11.8 Å².